The van der Waals surface area contributed by atoms with Crippen molar-refractivity contribution in [3.05, 3.63) is 18.1 Å². The van der Waals surface area contributed by atoms with Crippen molar-refractivity contribution in [3.8, 4) is 0 Å². The molecule has 0 amide bonds. The summed E-state index contributed by atoms with van der Waals surface area (Å²) >= 11 is 0. The number of hydrogen-bond donors (Lipinski definition) is 1. The second kappa shape index (κ2) is 2.05. The minimum absolute atomic E-state index is 0.346. The predicted molar refractivity (Wildman–Crippen MR) is 36.8 cm³/mol. The van der Waals surface area contributed by atoms with E-state index in [0.717, 1.165) is 6.20 Å². The highest BCUT2D eigenvalue weighted by Gasteiger charge is 1.94. The molecule has 0 atom stereocenters. The third-order valence-corrected chi connectivity index (χ3v) is 1.09. The van der Waals surface area contributed by atoms with Crippen LogP contribution in [0, 0.1) is 5.82 Å². The van der Waals surface area contributed by atoms with E-state index in [1.807, 2.05) is 0 Å². The number of nitrogens with zero attached hydrogens (tertiary/aromatic N) is 1. The first-order chi connectivity index (χ1) is 4.20. The Labute approximate surface area is 53.3 Å². The summed E-state index contributed by atoms with van der Waals surface area (Å²) in [7, 11) is 1.71. The molecular formula is C5H6BFN2. The third-order valence-electron chi connectivity index (χ3n) is 1.09. The zero-order chi connectivity index (χ0) is 6.85. The molecule has 0 unspecified atom stereocenters. The Morgan fingerprint density at radius 2 is 2.33 bits per heavy atom. The maximum absolute atomic E-state index is 12.2. The Kier molecular flexibility index (Phi) is 1.38. The van der Waals surface area contributed by atoms with Crippen LogP contribution in [0.25, 0.3) is 0 Å². The lowest BCUT2D eigenvalue weighted by molar-refractivity contribution is 0.623. The average molecular weight is 124 g/mol. The molecule has 0 saturated heterocycles. The van der Waals surface area contributed by atoms with Gasteiger partial charge in [-0.3, -0.25) is 0 Å². The van der Waals surface area contributed by atoms with E-state index in [1.54, 1.807) is 7.85 Å². The highest BCUT2D eigenvalue weighted by Crippen LogP contribution is 1.93. The van der Waals surface area contributed by atoms with Crippen LogP contribution in [0.5, 0.6) is 0 Å². The van der Waals surface area contributed by atoms with E-state index in [-0.39, 0.29) is 5.82 Å². The van der Waals surface area contributed by atoms with Crippen molar-refractivity contribution in [1.29, 1.82) is 0 Å². The molecule has 4 heteroatoms. The molecule has 0 aliphatic rings. The lowest BCUT2D eigenvalue weighted by Gasteiger charge is -1.95. The highest BCUT2D eigenvalue weighted by atomic mass is 19.1. The van der Waals surface area contributed by atoms with Gasteiger partial charge >= 0.3 is 0 Å². The summed E-state index contributed by atoms with van der Waals surface area (Å²) in [6, 6.07) is 1.35. The maximum atomic E-state index is 12.2. The standard InChI is InChI=1S/C5H6BFN2/c6-4-1-3(7)2-9-5(4)8/h1-2H,6H2,(H2,8,9). The van der Waals surface area contributed by atoms with Gasteiger partial charge in [-0.25, -0.2) is 9.37 Å². The summed E-state index contributed by atoms with van der Waals surface area (Å²) in [4.78, 5) is 3.58. The van der Waals surface area contributed by atoms with Crippen molar-refractivity contribution in [1.82, 2.24) is 4.98 Å². The molecule has 0 spiro atoms. The molecule has 2 nitrogen and oxygen atoms in total. The first-order valence-corrected chi connectivity index (χ1v) is 2.58. The average Bonchev–Trinajstić information content (AvgIpc) is 1.80. The van der Waals surface area contributed by atoms with Crippen molar-refractivity contribution in [2.45, 2.75) is 0 Å². The van der Waals surface area contributed by atoms with Gasteiger partial charge in [0.15, 0.2) is 0 Å². The second-order valence-electron chi connectivity index (χ2n) is 1.86. The molecule has 9 heavy (non-hydrogen) atoms. The molecule has 1 heterocycles. The van der Waals surface area contributed by atoms with Gasteiger partial charge in [-0.15, -0.1) is 0 Å². The molecule has 1 rings (SSSR count). The van der Waals surface area contributed by atoms with Crippen molar-refractivity contribution in [3.63, 3.8) is 0 Å². The molecule has 1 aromatic heterocycles. The number of nitrogen functional groups attached to an aromatic ring is 1. The zero-order valence-corrected chi connectivity index (χ0v) is 5.06. The number of anilines is 1. The van der Waals surface area contributed by atoms with E-state index in [9.17, 15) is 4.39 Å². The molecule has 0 aromatic carbocycles. The Hall–Kier alpha value is -1.06. The van der Waals surface area contributed by atoms with Crippen molar-refractivity contribution in [2.24, 2.45) is 0 Å². The maximum Gasteiger partial charge on any atom is 0.144 e. The van der Waals surface area contributed by atoms with Crippen LogP contribution in [0.4, 0.5) is 10.2 Å². The molecule has 0 radical (unpaired) electrons. The molecule has 0 saturated carbocycles. The van der Waals surface area contributed by atoms with Gasteiger partial charge in [-0.05, 0) is 11.5 Å². The minimum Gasteiger partial charge on any atom is -0.384 e. The third kappa shape index (κ3) is 1.19. The number of pyridine rings is 1. The lowest BCUT2D eigenvalue weighted by Crippen LogP contribution is -2.11. The quantitative estimate of drug-likeness (QED) is 0.453. The Bertz CT molecular complexity index is 226. The van der Waals surface area contributed by atoms with E-state index in [4.69, 9.17) is 5.73 Å². The van der Waals surface area contributed by atoms with E-state index in [1.165, 1.54) is 6.07 Å². The second-order valence-corrected chi connectivity index (χ2v) is 1.86. The van der Waals surface area contributed by atoms with Crippen LogP contribution in [0.3, 0.4) is 0 Å². The van der Waals surface area contributed by atoms with Gasteiger partial charge in [0.1, 0.15) is 19.5 Å². The Morgan fingerprint density at radius 1 is 1.67 bits per heavy atom. The van der Waals surface area contributed by atoms with E-state index in [0.29, 0.717) is 11.3 Å². The Morgan fingerprint density at radius 3 is 2.78 bits per heavy atom. The molecular weight excluding hydrogens is 118 g/mol. The summed E-state index contributed by atoms with van der Waals surface area (Å²) < 4.78 is 12.2. The molecule has 2 N–H and O–H groups in total. The SMILES string of the molecule is Bc1cc(F)cnc1N. The van der Waals surface area contributed by atoms with Crippen LogP contribution in [0.15, 0.2) is 12.3 Å². The smallest absolute Gasteiger partial charge is 0.144 e. The van der Waals surface area contributed by atoms with Crippen LogP contribution < -0.4 is 11.2 Å². The Balaban J connectivity index is 3.17. The van der Waals surface area contributed by atoms with Gasteiger partial charge in [0.25, 0.3) is 0 Å². The van der Waals surface area contributed by atoms with E-state index in [2.05, 4.69) is 4.98 Å². The summed E-state index contributed by atoms with van der Waals surface area (Å²) in [5, 5.41) is 0. The minimum atomic E-state index is -0.346. The number of nitrogens with two attached hydrogens (primary N) is 1. The van der Waals surface area contributed by atoms with Gasteiger partial charge in [0.05, 0.1) is 6.20 Å². The summed E-state index contributed by atoms with van der Waals surface area (Å²) in [6.45, 7) is 0. The van der Waals surface area contributed by atoms with Gasteiger partial charge in [-0.2, -0.15) is 0 Å². The molecule has 0 aliphatic heterocycles. The first-order valence-electron chi connectivity index (χ1n) is 2.58. The predicted octanol–water partition coefficient (Wildman–Crippen LogP) is -0.939. The van der Waals surface area contributed by atoms with Gasteiger partial charge in [0, 0.05) is 0 Å². The number of aromatic nitrogens is 1. The summed E-state index contributed by atoms with van der Waals surface area (Å²) in [5.41, 5.74) is 5.99. The highest BCUT2D eigenvalue weighted by molar-refractivity contribution is 6.35. The van der Waals surface area contributed by atoms with Gasteiger partial charge in [-0.1, -0.05) is 0 Å². The van der Waals surface area contributed by atoms with Gasteiger partial charge < -0.3 is 5.73 Å². The normalized spacial score (nSPS) is 9.44. The van der Waals surface area contributed by atoms with Crippen LogP contribution in [-0.4, -0.2) is 12.8 Å². The van der Waals surface area contributed by atoms with E-state index < -0.39 is 0 Å². The van der Waals surface area contributed by atoms with Gasteiger partial charge in [0.2, 0.25) is 0 Å². The van der Waals surface area contributed by atoms with Crippen LogP contribution >= 0.6 is 0 Å². The largest absolute Gasteiger partial charge is 0.384 e. The monoisotopic (exact) mass is 124 g/mol. The fourth-order valence-electron chi connectivity index (χ4n) is 0.551. The van der Waals surface area contributed by atoms with Crippen LogP contribution in [0.2, 0.25) is 0 Å². The summed E-state index contributed by atoms with van der Waals surface area (Å²) in [6.07, 6.45) is 1.10. The van der Waals surface area contributed by atoms with Crippen LogP contribution in [0.1, 0.15) is 0 Å². The fourth-order valence-corrected chi connectivity index (χ4v) is 0.551. The number of halogens is 1. The number of rotatable bonds is 0. The zero-order valence-electron chi connectivity index (χ0n) is 5.06. The van der Waals surface area contributed by atoms with Crippen molar-refractivity contribution in [2.75, 3.05) is 5.73 Å². The number of hydrogen-bond acceptors (Lipinski definition) is 2. The molecule has 0 bridgehead atoms. The van der Waals surface area contributed by atoms with Crippen molar-refractivity contribution < 1.29 is 4.39 Å². The topological polar surface area (TPSA) is 38.9 Å². The lowest BCUT2D eigenvalue weighted by atomic mass is 9.97. The molecule has 1 aromatic rings. The summed E-state index contributed by atoms with van der Waals surface area (Å²) in [5.74, 6) is 0.0399. The molecule has 0 fully saturated rings. The molecule has 0 aliphatic carbocycles. The van der Waals surface area contributed by atoms with Crippen molar-refractivity contribution >= 4 is 19.1 Å². The van der Waals surface area contributed by atoms with Crippen LogP contribution in [-0.2, 0) is 0 Å². The van der Waals surface area contributed by atoms with E-state index >= 15 is 0 Å². The fraction of sp³-hybridized carbons (Fsp3) is 0. The molecule has 46 valence electrons. The first kappa shape index (κ1) is 6.07.